The average molecular weight is 286 g/mol. The summed E-state index contributed by atoms with van der Waals surface area (Å²) in [5, 5.41) is 8.69. The first-order valence-electron chi connectivity index (χ1n) is 6.44. The summed E-state index contributed by atoms with van der Waals surface area (Å²) in [6.07, 6.45) is 0. The number of benzene rings is 2. The fourth-order valence-electron chi connectivity index (χ4n) is 1.52. The fourth-order valence-corrected chi connectivity index (χ4v) is 1.52. The van der Waals surface area contributed by atoms with Gasteiger partial charge < -0.3 is 9.84 Å². The van der Waals surface area contributed by atoms with Gasteiger partial charge in [0.25, 0.3) is 0 Å². The van der Waals surface area contributed by atoms with Gasteiger partial charge in [0.05, 0.1) is 0 Å². The number of aromatic carboxylic acids is 1. The zero-order chi connectivity index (χ0) is 15.8. The van der Waals surface area contributed by atoms with Crippen LogP contribution in [-0.4, -0.2) is 17.0 Å². The number of ether oxygens (including phenoxy) is 1. The minimum Gasteiger partial charge on any atom is -0.478 e. The highest BCUT2D eigenvalue weighted by Gasteiger charge is 2.10. The molecule has 0 unspecified atom stereocenters. The summed E-state index contributed by atoms with van der Waals surface area (Å²) in [5.41, 5.74) is 2.64. The molecule has 0 saturated carbocycles. The van der Waals surface area contributed by atoms with Crippen LogP contribution in [0.4, 0.5) is 0 Å². The van der Waals surface area contributed by atoms with E-state index < -0.39 is 11.9 Å². The van der Waals surface area contributed by atoms with Gasteiger partial charge in [-0.15, -0.1) is 0 Å². The lowest BCUT2D eigenvalue weighted by Crippen LogP contribution is -2.06. The molecule has 110 valence electrons. The molecule has 0 atom stereocenters. The lowest BCUT2D eigenvalue weighted by molar-refractivity contribution is -0.131. The van der Waals surface area contributed by atoms with Crippen molar-refractivity contribution in [3.05, 3.63) is 65.2 Å². The Balaban J connectivity index is 0.000000235. The molecule has 0 aliphatic rings. The molecule has 0 aliphatic carbocycles. The summed E-state index contributed by atoms with van der Waals surface area (Å²) in [7, 11) is 0. The van der Waals surface area contributed by atoms with Crippen LogP contribution in [-0.2, 0) is 4.79 Å². The number of carbonyl (C=O) groups is 2. The van der Waals surface area contributed by atoms with Gasteiger partial charge in [0.2, 0.25) is 0 Å². The minimum atomic E-state index is -1.11. The van der Waals surface area contributed by atoms with Crippen LogP contribution >= 0.6 is 0 Å². The molecule has 2 rings (SSSR count). The van der Waals surface area contributed by atoms with E-state index in [1.54, 1.807) is 12.1 Å². The first-order chi connectivity index (χ1) is 9.90. The number of hydrogen-bond donors (Lipinski definition) is 1. The maximum atomic E-state index is 10.6. The average Bonchev–Trinajstić information content (AvgIpc) is 2.42. The van der Waals surface area contributed by atoms with E-state index in [1.165, 1.54) is 30.2 Å². The molecule has 1 N–H and O–H groups in total. The predicted octanol–water partition coefficient (Wildman–Crippen LogP) is 3.61. The van der Waals surface area contributed by atoms with Crippen LogP contribution in [0.1, 0.15) is 28.4 Å². The molecule has 2 aromatic carbocycles. The van der Waals surface area contributed by atoms with E-state index in [0.717, 1.165) is 0 Å². The Morgan fingerprint density at radius 2 is 1.38 bits per heavy atom. The molecular weight excluding hydrogens is 268 g/mol. The third-order valence-corrected chi connectivity index (χ3v) is 2.59. The topological polar surface area (TPSA) is 63.6 Å². The van der Waals surface area contributed by atoms with Crippen molar-refractivity contribution in [1.82, 2.24) is 0 Å². The van der Waals surface area contributed by atoms with Crippen LogP contribution in [0.3, 0.4) is 0 Å². The van der Waals surface area contributed by atoms with E-state index >= 15 is 0 Å². The van der Waals surface area contributed by atoms with E-state index in [-0.39, 0.29) is 11.3 Å². The molecule has 0 bridgehead atoms. The fraction of sp³-hybridized carbons (Fsp3) is 0.176. The quantitative estimate of drug-likeness (QED) is 0.676. The minimum absolute atomic E-state index is 0.0160. The standard InChI is InChI=1S/C9H8O4.C8H10/c1-6(10)13-8-5-3-2-4-7(8)9(11)12;1-7-3-5-8(2)6-4-7/h2-5H,1H3,(H,11,12);3-6H,1-2H3. The number of esters is 1. The third kappa shape index (κ3) is 5.91. The van der Waals surface area contributed by atoms with Gasteiger partial charge in [-0.3, -0.25) is 4.79 Å². The lowest BCUT2D eigenvalue weighted by atomic mass is 10.2. The monoisotopic (exact) mass is 286 g/mol. The van der Waals surface area contributed by atoms with Crippen molar-refractivity contribution in [1.29, 1.82) is 0 Å². The van der Waals surface area contributed by atoms with Gasteiger partial charge in [-0.2, -0.15) is 0 Å². The Hall–Kier alpha value is -2.62. The van der Waals surface area contributed by atoms with E-state index in [2.05, 4.69) is 42.8 Å². The van der Waals surface area contributed by atoms with Crippen molar-refractivity contribution in [2.45, 2.75) is 20.8 Å². The molecule has 4 nitrogen and oxygen atoms in total. The number of carboxylic acids is 1. The molecule has 0 aromatic heterocycles. The SMILES string of the molecule is CC(=O)Oc1ccccc1C(=O)O.Cc1ccc(C)cc1. The van der Waals surface area contributed by atoms with Crippen LogP contribution in [0.25, 0.3) is 0 Å². The van der Waals surface area contributed by atoms with Crippen molar-refractivity contribution in [3.8, 4) is 5.75 Å². The largest absolute Gasteiger partial charge is 0.478 e. The number of hydrogen-bond acceptors (Lipinski definition) is 3. The van der Waals surface area contributed by atoms with Crippen LogP contribution in [0.5, 0.6) is 5.75 Å². The number of para-hydroxylation sites is 1. The van der Waals surface area contributed by atoms with Crippen LogP contribution in [0.15, 0.2) is 48.5 Å². The van der Waals surface area contributed by atoms with Crippen molar-refractivity contribution in [3.63, 3.8) is 0 Å². The maximum absolute atomic E-state index is 10.6. The van der Waals surface area contributed by atoms with Crippen molar-refractivity contribution < 1.29 is 19.4 Å². The Bertz CT molecular complexity index is 594. The molecule has 0 heterocycles. The van der Waals surface area contributed by atoms with Crippen molar-refractivity contribution in [2.24, 2.45) is 0 Å². The number of carbonyl (C=O) groups excluding carboxylic acids is 1. The van der Waals surface area contributed by atoms with Gasteiger partial charge in [-0.05, 0) is 26.0 Å². The molecule has 4 heteroatoms. The number of aryl methyl sites for hydroxylation is 2. The van der Waals surface area contributed by atoms with E-state index in [9.17, 15) is 9.59 Å². The Morgan fingerprint density at radius 1 is 0.905 bits per heavy atom. The zero-order valence-electron chi connectivity index (χ0n) is 12.3. The van der Waals surface area contributed by atoms with Crippen LogP contribution in [0.2, 0.25) is 0 Å². The zero-order valence-corrected chi connectivity index (χ0v) is 12.3. The second-order valence-electron chi connectivity index (χ2n) is 4.55. The first kappa shape index (κ1) is 16.4. The van der Waals surface area contributed by atoms with E-state index in [1.807, 2.05) is 0 Å². The highest BCUT2D eigenvalue weighted by atomic mass is 16.5. The molecule has 21 heavy (non-hydrogen) atoms. The second-order valence-corrected chi connectivity index (χ2v) is 4.55. The summed E-state index contributed by atoms with van der Waals surface area (Å²) < 4.78 is 4.69. The number of rotatable bonds is 2. The van der Waals surface area contributed by atoms with Gasteiger partial charge in [0.15, 0.2) is 0 Å². The summed E-state index contributed by atoms with van der Waals surface area (Å²) in [6, 6.07) is 14.5. The van der Waals surface area contributed by atoms with Gasteiger partial charge in [0.1, 0.15) is 11.3 Å². The number of carboxylic acid groups (broad SMARTS) is 1. The third-order valence-electron chi connectivity index (χ3n) is 2.59. The smallest absolute Gasteiger partial charge is 0.339 e. The Morgan fingerprint density at radius 3 is 1.81 bits per heavy atom. The van der Waals surface area contributed by atoms with Crippen LogP contribution < -0.4 is 4.74 Å². The summed E-state index contributed by atoms with van der Waals surface area (Å²) >= 11 is 0. The van der Waals surface area contributed by atoms with Gasteiger partial charge in [0, 0.05) is 6.92 Å². The van der Waals surface area contributed by atoms with Gasteiger partial charge in [-0.1, -0.05) is 47.5 Å². The highest BCUT2D eigenvalue weighted by Crippen LogP contribution is 2.17. The van der Waals surface area contributed by atoms with E-state index in [4.69, 9.17) is 5.11 Å². The van der Waals surface area contributed by atoms with Gasteiger partial charge >= 0.3 is 11.9 Å². The van der Waals surface area contributed by atoms with Crippen molar-refractivity contribution >= 4 is 11.9 Å². The molecule has 0 fully saturated rings. The molecule has 0 amide bonds. The molecule has 0 saturated heterocycles. The van der Waals surface area contributed by atoms with Gasteiger partial charge in [-0.25, -0.2) is 4.79 Å². The summed E-state index contributed by atoms with van der Waals surface area (Å²) in [4.78, 5) is 21.2. The molecule has 0 radical (unpaired) electrons. The Kier molecular flexibility index (Phi) is 6.14. The summed E-state index contributed by atoms with van der Waals surface area (Å²) in [6.45, 7) is 5.41. The highest BCUT2D eigenvalue weighted by molar-refractivity contribution is 5.91. The molecule has 0 spiro atoms. The maximum Gasteiger partial charge on any atom is 0.339 e. The van der Waals surface area contributed by atoms with Crippen LogP contribution in [0, 0.1) is 13.8 Å². The van der Waals surface area contributed by atoms with Crippen molar-refractivity contribution in [2.75, 3.05) is 0 Å². The Labute approximate surface area is 124 Å². The normalized spacial score (nSPS) is 9.29. The first-order valence-corrected chi connectivity index (χ1v) is 6.44. The molecule has 2 aromatic rings. The molecule has 0 aliphatic heterocycles. The lowest BCUT2D eigenvalue weighted by Gasteiger charge is -2.03. The summed E-state index contributed by atoms with van der Waals surface area (Å²) in [5.74, 6) is -1.58. The second kappa shape index (κ2) is 7.85. The molecular formula is C17H18O4. The van der Waals surface area contributed by atoms with E-state index in [0.29, 0.717) is 0 Å². The predicted molar refractivity (Wildman–Crippen MR) is 80.6 cm³/mol.